The number of carbonyl (C=O) groups excluding carboxylic acids is 2. The molecular weight excluding hydrogens is 208 g/mol. The van der Waals surface area contributed by atoms with Crippen LogP contribution in [0.5, 0.6) is 0 Å². The largest absolute Gasteiger partial charge is 0.399 e. The van der Waals surface area contributed by atoms with E-state index in [4.69, 9.17) is 11.0 Å². The Morgan fingerprint density at radius 2 is 1.94 bits per heavy atom. The zero-order chi connectivity index (χ0) is 12.0. The lowest BCUT2D eigenvalue weighted by atomic mass is 10.2. The van der Waals surface area contributed by atoms with Crippen molar-refractivity contribution < 1.29 is 9.59 Å². The van der Waals surface area contributed by atoms with Gasteiger partial charge in [0.05, 0.1) is 6.07 Å². The zero-order valence-electron chi connectivity index (χ0n) is 8.36. The molecule has 4 N–H and O–H groups in total. The molecule has 6 heteroatoms. The number of rotatable bonds is 2. The van der Waals surface area contributed by atoms with Gasteiger partial charge in [-0.25, -0.2) is 4.79 Å². The lowest BCUT2D eigenvalue weighted by molar-refractivity contribution is 0.0964. The highest BCUT2D eigenvalue weighted by atomic mass is 16.2. The first-order chi connectivity index (χ1) is 7.63. The number of nitrogen functional groups attached to an aromatic ring is 1. The Kier molecular flexibility index (Phi) is 3.86. The molecule has 0 fully saturated rings. The highest BCUT2D eigenvalue weighted by Crippen LogP contribution is 2.04. The van der Waals surface area contributed by atoms with Crippen LogP contribution in [0.2, 0.25) is 0 Å². The van der Waals surface area contributed by atoms with Gasteiger partial charge in [-0.1, -0.05) is 0 Å². The quantitative estimate of drug-likeness (QED) is 0.487. The average molecular weight is 218 g/mol. The molecule has 0 aliphatic rings. The van der Waals surface area contributed by atoms with Crippen LogP contribution in [0.15, 0.2) is 24.3 Å². The number of carbonyl (C=O) groups is 2. The van der Waals surface area contributed by atoms with Crippen LogP contribution in [-0.2, 0) is 0 Å². The summed E-state index contributed by atoms with van der Waals surface area (Å²) in [5.41, 5.74) is 6.30. The summed E-state index contributed by atoms with van der Waals surface area (Å²) in [5.74, 6) is -0.546. The minimum absolute atomic E-state index is 0.152. The van der Waals surface area contributed by atoms with Crippen molar-refractivity contribution in [1.29, 1.82) is 5.26 Å². The maximum absolute atomic E-state index is 11.4. The molecule has 16 heavy (non-hydrogen) atoms. The summed E-state index contributed by atoms with van der Waals surface area (Å²) in [7, 11) is 0. The van der Waals surface area contributed by atoms with Crippen LogP contribution in [0.1, 0.15) is 10.4 Å². The van der Waals surface area contributed by atoms with Crippen molar-refractivity contribution in [2.24, 2.45) is 0 Å². The molecule has 0 saturated heterocycles. The van der Waals surface area contributed by atoms with E-state index in [1.54, 1.807) is 18.2 Å². The topological polar surface area (TPSA) is 108 Å². The molecule has 0 aliphatic carbocycles. The first kappa shape index (κ1) is 11.5. The molecule has 0 unspecified atom stereocenters. The SMILES string of the molecule is N#CCNC(=O)NC(=O)c1ccc(N)cc1. The van der Waals surface area contributed by atoms with Gasteiger partial charge >= 0.3 is 6.03 Å². The van der Waals surface area contributed by atoms with Gasteiger partial charge in [0.25, 0.3) is 5.91 Å². The molecule has 0 radical (unpaired) electrons. The molecule has 0 bridgehead atoms. The standard InChI is InChI=1S/C10H10N4O2/c11-5-6-13-10(16)14-9(15)7-1-3-8(12)4-2-7/h1-4H,6,12H2,(H2,13,14,15,16). The van der Waals surface area contributed by atoms with E-state index < -0.39 is 11.9 Å². The molecule has 82 valence electrons. The van der Waals surface area contributed by atoms with Crippen molar-refractivity contribution in [3.63, 3.8) is 0 Å². The van der Waals surface area contributed by atoms with Gasteiger partial charge in [-0.05, 0) is 24.3 Å². The average Bonchev–Trinajstić information content (AvgIpc) is 2.27. The van der Waals surface area contributed by atoms with Gasteiger partial charge in [-0.3, -0.25) is 10.1 Å². The summed E-state index contributed by atoms with van der Waals surface area (Å²) >= 11 is 0. The zero-order valence-corrected chi connectivity index (χ0v) is 8.36. The summed E-state index contributed by atoms with van der Waals surface area (Å²) in [4.78, 5) is 22.5. The fourth-order valence-electron chi connectivity index (χ4n) is 0.974. The summed E-state index contributed by atoms with van der Waals surface area (Å²) in [5, 5.41) is 12.5. The van der Waals surface area contributed by atoms with Gasteiger partial charge in [0.1, 0.15) is 6.54 Å². The third-order valence-electron chi connectivity index (χ3n) is 1.73. The number of nitrogens with one attached hydrogen (secondary N) is 2. The predicted octanol–water partition coefficient (Wildman–Crippen LogP) is 0.232. The number of anilines is 1. The second kappa shape index (κ2) is 5.36. The Bertz CT molecular complexity index is 433. The molecular formula is C10H10N4O2. The van der Waals surface area contributed by atoms with Crippen molar-refractivity contribution in [2.75, 3.05) is 12.3 Å². The molecule has 6 nitrogen and oxygen atoms in total. The van der Waals surface area contributed by atoms with Crippen molar-refractivity contribution in [3.05, 3.63) is 29.8 Å². The molecule has 3 amide bonds. The summed E-state index contributed by atoms with van der Waals surface area (Å²) in [6, 6.07) is 7.13. The van der Waals surface area contributed by atoms with Gasteiger partial charge in [0, 0.05) is 11.3 Å². The second-order valence-corrected chi connectivity index (χ2v) is 2.92. The van der Waals surface area contributed by atoms with Crippen molar-refractivity contribution >= 4 is 17.6 Å². The third kappa shape index (κ3) is 3.31. The Morgan fingerprint density at radius 3 is 2.50 bits per heavy atom. The smallest absolute Gasteiger partial charge is 0.322 e. The number of hydrogen-bond acceptors (Lipinski definition) is 4. The summed E-state index contributed by atoms with van der Waals surface area (Å²) < 4.78 is 0. The minimum atomic E-state index is -0.705. The molecule has 1 rings (SSSR count). The van der Waals surface area contributed by atoms with Crippen LogP contribution in [0.25, 0.3) is 0 Å². The number of hydrogen-bond donors (Lipinski definition) is 3. The van der Waals surface area contributed by atoms with Gasteiger partial charge < -0.3 is 11.1 Å². The fraction of sp³-hybridized carbons (Fsp3) is 0.100. The van der Waals surface area contributed by atoms with Gasteiger partial charge in [-0.15, -0.1) is 0 Å². The number of nitriles is 1. The van der Waals surface area contributed by atoms with Crippen molar-refractivity contribution in [1.82, 2.24) is 10.6 Å². The number of urea groups is 1. The lowest BCUT2D eigenvalue weighted by Crippen LogP contribution is -2.39. The second-order valence-electron chi connectivity index (χ2n) is 2.92. The number of imide groups is 1. The van der Waals surface area contributed by atoms with Crippen molar-refractivity contribution in [2.45, 2.75) is 0 Å². The molecule has 0 atom stereocenters. The lowest BCUT2D eigenvalue weighted by Gasteiger charge is -2.03. The van der Waals surface area contributed by atoms with Gasteiger partial charge in [-0.2, -0.15) is 5.26 Å². The molecule has 0 aromatic heterocycles. The number of amides is 3. The highest BCUT2D eigenvalue weighted by Gasteiger charge is 2.08. The Balaban J connectivity index is 2.56. The van der Waals surface area contributed by atoms with E-state index in [2.05, 4.69) is 10.6 Å². The van der Waals surface area contributed by atoms with E-state index >= 15 is 0 Å². The Hall–Kier alpha value is -2.55. The van der Waals surface area contributed by atoms with Crippen LogP contribution >= 0.6 is 0 Å². The Morgan fingerprint density at radius 1 is 1.31 bits per heavy atom. The first-order valence-corrected chi connectivity index (χ1v) is 4.45. The maximum Gasteiger partial charge on any atom is 0.322 e. The van der Waals surface area contributed by atoms with E-state index in [0.29, 0.717) is 11.3 Å². The van der Waals surface area contributed by atoms with E-state index in [1.165, 1.54) is 12.1 Å². The van der Waals surface area contributed by atoms with Crippen LogP contribution in [0.4, 0.5) is 10.5 Å². The highest BCUT2D eigenvalue weighted by molar-refractivity contribution is 6.04. The number of nitrogens with two attached hydrogens (primary N) is 1. The number of nitrogens with zero attached hydrogens (tertiary/aromatic N) is 1. The van der Waals surface area contributed by atoms with Crippen LogP contribution < -0.4 is 16.4 Å². The van der Waals surface area contributed by atoms with Crippen LogP contribution in [-0.4, -0.2) is 18.5 Å². The molecule has 1 aromatic rings. The van der Waals surface area contributed by atoms with E-state index in [1.807, 2.05) is 0 Å². The molecule has 1 aromatic carbocycles. The molecule has 0 saturated carbocycles. The minimum Gasteiger partial charge on any atom is -0.399 e. The monoisotopic (exact) mass is 218 g/mol. The number of benzene rings is 1. The summed E-state index contributed by atoms with van der Waals surface area (Å²) in [6.07, 6.45) is 0. The van der Waals surface area contributed by atoms with Gasteiger partial charge in [0.15, 0.2) is 0 Å². The molecule has 0 aliphatic heterocycles. The van der Waals surface area contributed by atoms with E-state index in [-0.39, 0.29) is 6.54 Å². The maximum atomic E-state index is 11.4. The van der Waals surface area contributed by atoms with E-state index in [9.17, 15) is 9.59 Å². The summed E-state index contributed by atoms with van der Waals surface area (Å²) in [6.45, 7) is -0.152. The first-order valence-electron chi connectivity index (χ1n) is 4.45. The van der Waals surface area contributed by atoms with Crippen LogP contribution in [0.3, 0.4) is 0 Å². The van der Waals surface area contributed by atoms with Crippen LogP contribution in [0, 0.1) is 11.3 Å². The van der Waals surface area contributed by atoms with E-state index in [0.717, 1.165) is 0 Å². The third-order valence-corrected chi connectivity index (χ3v) is 1.73. The fourth-order valence-corrected chi connectivity index (χ4v) is 0.974. The normalized spacial score (nSPS) is 8.94. The Labute approximate surface area is 92.0 Å². The van der Waals surface area contributed by atoms with Gasteiger partial charge in [0.2, 0.25) is 0 Å². The molecule has 0 spiro atoms. The molecule has 0 heterocycles. The predicted molar refractivity (Wildman–Crippen MR) is 57.3 cm³/mol. The van der Waals surface area contributed by atoms with Crippen molar-refractivity contribution in [3.8, 4) is 6.07 Å².